The van der Waals surface area contributed by atoms with Crippen molar-refractivity contribution in [2.45, 2.75) is 144 Å². The van der Waals surface area contributed by atoms with Crippen LogP contribution in [-0.2, 0) is 38.0 Å². The average Bonchev–Trinajstić information content (AvgIpc) is 3.30. The lowest BCUT2D eigenvalue weighted by molar-refractivity contribution is -0.359. The summed E-state index contributed by atoms with van der Waals surface area (Å²) in [6.45, 7) is 2.36. The first-order valence-corrected chi connectivity index (χ1v) is 21.0. The molecule has 2 aromatic carbocycles. The van der Waals surface area contributed by atoms with Gasteiger partial charge in [-0.25, -0.2) is 0 Å². The maximum atomic E-state index is 14.7. The van der Waals surface area contributed by atoms with Crippen LogP contribution >= 0.6 is 0 Å². The van der Waals surface area contributed by atoms with Crippen molar-refractivity contribution in [3.05, 3.63) is 46.6 Å². The summed E-state index contributed by atoms with van der Waals surface area (Å²) >= 11 is 0. The van der Waals surface area contributed by atoms with Crippen molar-refractivity contribution in [3.63, 3.8) is 0 Å². The predicted octanol–water partition coefficient (Wildman–Crippen LogP) is -4.19. The van der Waals surface area contributed by atoms with E-state index in [4.69, 9.17) is 51.8 Å². The van der Waals surface area contributed by atoms with Gasteiger partial charge in [-0.3, -0.25) is 9.59 Å². The Morgan fingerprint density at radius 1 is 0.657 bits per heavy atom. The highest BCUT2D eigenvalue weighted by molar-refractivity contribution is 5.88. The molecule has 0 amide bonds. The number of rotatable bonds is 13. The molecule has 4 aliphatic rings. The van der Waals surface area contributed by atoms with Gasteiger partial charge < -0.3 is 113 Å². The van der Waals surface area contributed by atoms with Crippen LogP contribution in [0.2, 0.25) is 0 Å². The molecule has 5 heterocycles. The Bertz CT molecular complexity index is 2220. The van der Waals surface area contributed by atoms with Crippen LogP contribution in [0.4, 0.5) is 0 Å². The van der Waals surface area contributed by atoms with Crippen molar-refractivity contribution in [1.82, 2.24) is 0 Å². The van der Waals surface area contributed by atoms with E-state index in [1.807, 2.05) is 0 Å². The molecule has 0 aliphatic carbocycles. The van der Waals surface area contributed by atoms with Crippen molar-refractivity contribution < 1.29 is 118 Å². The van der Waals surface area contributed by atoms with Gasteiger partial charge in [0.25, 0.3) is 0 Å². The lowest BCUT2D eigenvalue weighted by Crippen LogP contribution is -2.64. The molecule has 4 aliphatic heterocycles. The van der Waals surface area contributed by atoms with Crippen LogP contribution in [0.5, 0.6) is 23.0 Å². The number of hydrogen-bond donors (Lipinski definition) is 12. The van der Waals surface area contributed by atoms with Crippen molar-refractivity contribution in [2.75, 3.05) is 20.3 Å². The van der Waals surface area contributed by atoms with Gasteiger partial charge >= 0.3 is 5.97 Å². The zero-order valence-corrected chi connectivity index (χ0v) is 36.1. The Labute approximate surface area is 379 Å². The molecule has 3 aromatic rings. The van der Waals surface area contributed by atoms with E-state index in [-0.39, 0.29) is 28.4 Å². The fourth-order valence-electron chi connectivity index (χ4n) is 8.03. The van der Waals surface area contributed by atoms with Gasteiger partial charge in [-0.05, 0) is 38.1 Å². The third-order valence-corrected chi connectivity index (χ3v) is 11.8. The average molecular weight is 959 g/mol. The third kappa shape index (κ3) is 10.2. The zero-order chi connectivity index (χ0) is 48.8. The lowest BCUT2D eigenvalue weighted by atomic mass is 9.97. The molecular formula is C42H54O25. The van der Waals surface area contributed by atoms with Crippen LogP contribution in [0.1, 0.15) is 20.8 Å². The number of phenolic OH excluding ortho intramolecular Hbond substituents is 1. The monoisotopic (exact) mass is 958 g/mol. The van der Waals surface area contributed by atoms with Crippen molar-refractivity contribution >= 4 is 16.9 Å². The second kappa shape index (κ2) is 20.7. The lowest BCUT2D eigenvalue weighted by Gasteiger charge is -2.46. The molecule has 25 heteroatoms. The molecule has 4 saturated heterocycles. The number of aromatic hydroxyl groups is 1. The topological polar surface area (TPSA) is 382 Å². The van der Waals surface area contributed by atoms with E-state index < -0.39 is 164 Å². The molecule has 1 aromatic heterocycles. The highest BCUT2D eigenvalue weighted by Crippen LogP contribution is 2.40. The first-order valence-electron chi connectivity index (χ1n) is 21.0. The Balaban J connectivity index is 1.18. The fourth-order valence-corrected chi connectivity index (χ4v) is 8.03. The van der Waals surface area contributed by atoms with E-state index >= 15 is 0 Å². The van der Waals surface area contributed by atoms with E-state index in [2.05, 4.69) is 0 Å². The molecule has 20 atom stereocenters. The van der Waals surface area contributed by atoms with Crippen LogP contribution in [0.3, 0.4) is 0 Å². The fraction of sp³-hybridized carbons (Fsp3) is 0.619. The number of phenols is 1. The number of aliphatic hydroxyl groups is 11. The van der Waals surface area contributed by atoms with Crippen LogP contribution in [0.15, 0.2) is 45.6 Å². The highest BCUT2D eigenvalue weighted by Gasteiger charge is 2.53. The summed E-state index contributed by atoms with van der Waals surface area (Å²) in [5, 5.41) is 127. The molecule has 67 heavy (non-hydrogen) atoms. The first kappa shape index (κ1) is 50.5. The summed E-state index contributed by atoms with van der Waals surface area (Å²) in [4.78, 5) is 26.8. The minimum absolute atomic E-state index is 0.0425. The smallest absolute Gasteiger partial charge is 0.303 e. The van der Waals surface area contributed by atoms with E-state index in [0.29, 0.717) is 0 Å². The van der Waals surface area contributed by atoms with E-state index in [1.54, 1.807) is 0 Å². The Morgan fingerprint density at radius 2 is 1.24 bits per heavy atom. The maximum Gasteiger partial charge on any atom is 0.303 e. The molecule has 20 unspecified atom stereocenters. The highest BCUT2D eigenvalue weighted by atomic mass is 16.8. The summed E-state index contributed by atoms with van der Waals surface area (Å²) in [7, 11) is 1.28. The van der Waals surface area contributed by atoms with Crippen LogP contribution < -0.4 is 19.6 Å². The second-order valence-corrected chi connectivity index (χ2v) is 16.5. The largest absolute Gasteiger partial charge is 0.508 e. The summed E-state index contributed by atoms with van der Waals surface area (Å²) in [6.07, 6.45) is -33.8. The molecule has 12 N–H and O–H groups in total. The summed E-state index contributed by atoms with van der Waals surface area (Å²) in [6, 6.07) is 7.68. The Hall–Kier alpha value is -4.36. The van der Waals surface area contributed by atoms with E-state index in [0.717, 1.165) is 6.92 Å². The van der Waals surface area contributed by atoms with Gasteiger partial charge in [0.05, 0.1) is 32.5 Å². The van der Waals surface area contributed by atoms with Gasteiger partial charge in [0, 0.05) is 24.6 Å². The van der Waals surface area contributed by atoms with Gasteiger partial charge in [0.1, 0.15) is 108 Å². The number of ether oxygens (including phenoxy) is 10. The van der Waals surface area contributed by atoms with Crippen LogP contribution in [0, 0.1) is 0 Å². The molecule has 7 rings (SSSR count). The number of benzene rings is 2. The van der Waals surface area contributed by atoms with Crippen molar-refractivity contribution in [3.8, 4) is 34.3 Å². The Kier molecular flexibility index (Phi) is 15.6. The summed E-state index contributed by atoms with van der Waals surface area (Å²) < 4.78 is 63.2. The standard InChI is InChI=1S/C42H54O25/c1-13-24(46)28(50)31(53)40(59-13)67-38-34(56)39(60-14(2)35(38)61-15(3)44)58-12-22-26(48)30(52)33(55)42(65-22)66-37-27(49)23-19(62-36(37)16-5-7-17(45)8-6-16)9-18(57-4)10-20(23)63-41-32(54)29(51)25(47)21(11-43)64-41/h5-10,13-14,21-22,24-26,28-35,38-43,45-48,50-56H,11-12H2,1-4H3. The molecule has 372 valence electrons. The quantitative estimate of drug-likeness (QED) is 0.0723. The molecule has 4 fully saturated rings. The number of hydrogen-bond acceptors (Lipinski definition) is 25. The first-order chi connectivity index (χ1) is 31.7. The predicted molar refractivity (Wildman–Crippen MR) is 217 cm³/mol. The molecule has 0 bridgehead atoms. The summed E-state index contributed by atoms with van der Waals surface area (Å²) in [5.74, 6) is -2.37. The van der Waals surface area contributed by atoms with Crippen molar-refractivity contribution in [1.29, 1.82) is 0 Å². The maximum absolute atomic E-state index is 14.7. The molecular weight excluding hydrogens is 904 g/mol. The number of carbonyl (C=O) groups excluding carboxylic acids is 1. The van der Waals surface area contributed by atoms with E-state index in [1.165, 1.54) is 57.4 Å². The van der Waals surface area contributed by atoms with E-state index in [9.17, 15) is 70.9 Å². The third-order valence-electron chi connectivity index (χ3n) is 11.8. The minimum atomic E-state index is -2.09. The van der Waals surface area contributed by atoms with Gasteiger partial charge in [-0.1, -0.05) is 0 Å². The van der Waals surface area contributed by atoms with Gasteiger partial charge in [0.15, 0.2) is 24.4 Å². The number of esters is 1. The van der Waals surface area contributed by atoms with Gasteiger partial charge in [-0.15, -0.1) is 0 Å². The molecule has 0 spiro atoms. The summed E-state index contributed by atoms with van der Waals surface area (Å²) in [5.41, 5.74) is -1.15. The number of methoxy groups -OCH3 is 1. The molecule has 0 saturated carbocycles. The number of fused-ring (bicyclic) bond motifs is 1. The zero-order valence-electron chi connectivity index (χ0n) is 36.1. The molecule has 25 nitrogen and oxygen atoms in total. The van der Waals surface area contributed by atoms with Crippen LogP contribution in [0.25, 0.3) is 22.3 Å². The Morgan fingerprint density at radius 3 is 1.87 bits per heavy atom. The van der Waals surface area contributed by atoms with Crippen LogP contribution in [-0.4, -0.2) is 210 Å². The minimum Gasteiger partial charge on any atom is -0.508 e. The molecule has 0 radical (unpaired) electrons. The normalized spacial score (nSPS) is 39.1. The van der Waals surface area contributed by atoms with Gasteiger partial charge in [0.2, 0.25) is 23.8 Å². The SMILES string of the molecule is COc1cc(OC2OC(CO)C(O)C(O)C2O)c2c(=O)c(OC3OC(COC4OC(C)C(OC(C)=O)C(OC5OC(C)C(O)C(O)C5O)C4O)C(O)C(O)C3O)c(-c3ccc(O)cc3)oc2c1. The van der Waals surface area contributed by atoms with Crippen molar-refractivity contribution in [2.24, 2.45) is 0 Å². The number of carbonyl (C=O) groups is 1. The van der Waals surface area contributed by atoms with Gasteiger partial charge in [-0.2, -0.15) is 0 Å². The number of aliphatic hydroxyl groups excluding tert-OH is 11. The second-order valence-electron chi connectivity index (χ2n) is 16.5.